The summed E-state index contributed by atoms with van der Waals surface area (Å²) >= 11 is 0. The molecule has 0 nitrogen and oxygen atoms in total. The van der Waals surface area contributed by atoms with Crippen molar-refractivity contribution in [2.24, 2.45) is 5.92 Å². The molecule has 0 radical (unpaired) electrons. The minimum Gasteiger partial charge on any atom is -0.102 e. The first-order valence-corrected chi connectivity index (χ1v) is 4.64. The van der Waals surface area contributed by atoms with Crippen LogP contribution in [0.4, 0.5) is 0 Å². The fourth-order valence-electron chi connectivity index (χ4n) is 0.974. The Morgan fingerprint density at radius 3 is 2.55 bits per heavy atom. The van der Waals surface area contributed by atoms with E-state index in [4.69, 9.17) is 0 Å². The Morgan fingerprint density at radius 2 is 2.09 bits per heavy atom. The Morgan fingerprint density at radius 1 is 1.36 bits per heavy atom. The number of allylic oxidation sites excluding steroid dienone is 3. The fourth-order valence-corrected chi connectivity index (χ4v) is 0.974. The molecule has 0 aromatic heterocycles. The molecule has 0 aliphatic carbocycles. The summed E-state index contributed by atoms with van der Waals surface area (Å²) < 4.78 is 0. The van der Waals surface area contributed by atoms with E-state index in [0.717, 1.165) is 0 Å². The molecule has 0 aromatic carbocycles. The van der Waals surface area contributed by atoms with E-state index in [1.54, 1.807) is 0 Å². The molecule has 1 atom stereocenters. The molecule has 0 bridgehead atoms. The van der Waals surface area contributed by atoms with Crippen LogP contribution in [0, 0.1) is 5.92 Å². The Kier molecular flexibility index (Phi) is 7.23. The highest BCUT2D eigenvalue weighted by Crippen LogP contribution is 2.06. The number of hydrogen-bond acceptors (Lipinski definition) is 0. The highest BCUT2D eigenvalue weighted by Gasteiger charge is 1.91. The highest BCUT2D eigenvalue weighted by molar-refractivity contribution is 4.96. The molecular weight excluding hydrogens is 132 g/mol. The molecule has 1 unspecified atom stereocenters. The Labute approximate surface area is 71.0 Å². The molecule has 0 amide bonds. The minimum atomic E-state index is 0.590. The Hall–Kier alpha value is -0.520. The number of hydrogen-bond donors (Lipinski definition) is 0. The molecule has 0 rings (SSSR count). The van der Waals surface area contributed by atoms with Crippen LogP contribution >= 0.6 is 0 Å². The van der Waals surface area contributed by atoms with Crippen LogP contribution in [0.5, 0.6) is 0 Å². The van der Waals surface area contributed by atoms with E-state index in [1.807, 2.05) is 6.08 Å². The van der Waals surface area contributed by atoms with E-state index < -0.39 is 0 Å². The molecule has 0 saturated heterocycles. The summed E-state index contributed by atoms with van der Waals surface area (Å²) in [4.78, 5) is 0. The second-order valence-corrected chi connectivity index (χ2v) is 2.88. The molecule has 0 saturated carbocycles. The lowest BCUT2D eigenvalue weighted by Gasteiger charge is -2.00. The quantitative estimate of drug-likeness (QED) is 0.399. The first-order chi connectivity index (χ1) is 5.35. The van der Waals surface area contributed by atoms with Crippen molar-refractivity contribution in [3.05, 3.63) is 24.8 Å². The van der Waals surface area contributed by atoms with Crippen molar-refractivity contribution in [1.82, 2.24) is 0 Å². The van der Waals surface area contributed by atoms with Gasteiger partial charge < -0.3 is 0 Å². The van der Waals surface area contributed by atoms with E-state index in [1.165, 1.54) is 25.7 Å². The third-order valence-electron chi connectivity index (χ3n) is 1.88. The van der Waals surface area contributed by atoms with E-state index in [2.05, 4.69) is 32.6 Å². The summed E-state index contributed by atoms with van der Waals surface area (Å²) in [6.45, 7) is 8.19. The molecule has 0 aromatic rings. The zero-order valence-corrected chi connectivity index (χ0v) is 7.84. The van der Waals surface area contributed by atoms with Gasteiger partial charge in [0.05, 0.1) is 0 Å². The molecule has 11 heavy (non-hydrogen) atoms. The van der Waals surface area contributed by atoms with Crippen LogP contribution in [0.25, 0.3) is 0 Å². The van der Waals surface area contributed by atoms with Crippen molar-refractivity contribution in [2.75, 3.05) is 0 Å². The third kappa shape index (κ3) is 5.90. The normalized spacial score (nSPS) is 13.6. The van der Waals surface area contributed by atoms with Gasteiger partial charge in [-0.15, -0.1) is 6.58 Å². The maximum absolute atomic E-state index is 3.78. The first kappa shape index (κ1) is 10.5. The molecule has 64 valence electrons. The zero-order chi connectivity index (χ0) is 8.53. The Bertz CT molecular complexity index is 111. The van der Waals surface area contributed by atoms with Gasteiger partial charge >= 0.3 is 0 Å². The molecule has 0 aliphatic rings. The van der Waals surface area contributed by atoms with E-state index in [9.17, 15) is 0 Å². The van der Waals surface area contributed by atoms with Gasteiger partial charge in [0.25, 0.3) is 0 Å². The van der Waals surface area contributed by atoms with Gasteiger partial charge in [-0.1, -0.05) is 44.9 Å². The van der Waals surface area contributed by atoms with Gasteiger partial charge in [-0.05, 0) is 18.8 Å². The summed E-state index contributed by atoms with van der Waals surface area (Å²) in [6, 6.07) is 0. The summed E-state index contributed by atoms with van der Waals surface area (Å²) in [5, 5.41) is 0. The molecule has 0 heterocycles. The molecule has 0 heteroatoms. The molecule has 0 fully saturated rings. The van der Waals surface area contributed by atoms with Crippen LogP contribution in [-0.2, 0) is 0 Å². The predicted octanol–water partition coefficient (Wildman–Crippen LogP) is 3.95. The van der Waals surface area contributed by atoms with Gasteiger partial charge in [-0.3, -0.25) is 0 Å². The fraction of sp³-hybridized carbons (Fsp3) is 0.636. The van der Waals surface area contributed by atoms with E-state index >= 15 is 0 Å². The number of unbranched alkanes of at least 4 members (excludes halogenated alkanes) is 2. The van der Waals surface area contributed by atoms with Gasteiger partial charge in [0.2, 0.25) is 0 Å². The van der Waals surface area contributed by atoms with E-state index in [0.29, 0.717) is 5.92 Å². The SMILES string of the molecule is C=CC(/C=C\CCCC)CC. The summed E-state index contributed by atoms with van der Waals surface area (Å²) in [7, 11) is 0. The van der Waals surface area contributed by atoms with Crippen molar-refractivity contribution in [1.29, 1.82) is 0 Å². The largest absolute Gasteiger partial charge is 0.102 e. The number of rotatable bonds is 6. The molecular formula is C11H20. The van der Waals surface area contributed by atoms with Gasteiger partial charge in [-0.25, -0.2) is 0 Å². The summed E-state index contributed by atoms with van der Waals surface area (Å²) in [5.41, 5.74) is 0. The average molecular weight is 152 g/mol. The van der Waals surface area contributed by atoms with Gasteiger partial charge in [-0.2, -0.15) is 0 Å². The maximum atomic E-state index is 3.78. The monoisotopic (exact) mass is 152 g/mol. The van der Waals surface area contributed by atoms with Gasteiger partial charge in [0.1, 0.15) is 0 Å². The maximum Gasteiger partial charge on any atom is -0.00588 e. The van der Waals surface area contributed by atoms with Crippen molar-refractivity contribution in [3.63, 3.8) is 0 Å². The Balaban J connectivity index is 3.44. The van der Waals surface area contributed by atoms with Crippen LogP contribution in [0.2, 0.25) is 0 Å². The van der Waals surface area contributed by atoms with Crippen LogP contribution in [0.1, 0.15) is 39.5 Å². The second-order valence-electron chi connectivity index (χ2n) is 2.88. The van der Waals surface area contributed by atoms with Crippen molar-refractivity contribution in [2.45, 2.75) is 39.5 Å². The van der Waals surface area contributed by atoms with Gasteiger partial charge in [0, 0.05) is 0 Å². The average Bonchev–Trinajstić information content (AvgIpc) is 2.05. The smallest absolute Gasteiger partial charge is 0.00588 e. The standard InChI is InChI=1S/C11H20/c1-4-7-8-9-10-11(5-2)6-3/h5,9-11H,2,4,6-8H2,1,3H3/b10-9-. The third-order valence-corrected chi connectivity index (χ3v) is 1.88. The lowest BCUT2D eigenvalue weighted by atomic mass is 10.1. The van der Waals surface area contributed by atoms with Crippen molar-refractivity contribution < 1.29 is 0 Å². The van der Waals surface area contributed by atoms with Crippen molar-refractivity contribution >= 4 is 0 Å². The molecule has 0 aliphatic heterocycles. The van der Waals surface area contributed by atoms with Crippen LogP contribution < -0.4 is 0 Å². The van der Waals surface area contributed by atoms with Crippen LogP contribution in [0.3, 0.4) is 0 Å². The topological polar surface area (TPSA) is 0 Å². The van der Waals surface area contributed by atoms with Gasteiger partial charge in [0.15, 0.2) is 0 Å². The zero-order valence-electron chi connectivity index (χ0n) is 7.84. The summed E-state index contributed by atoms with van der Waals surface area (Å²) in [5.74, 6) is 0.590. The first-order valence-electron chi connectivity index (χ1n) is 4.64. The highest BCUT2D eigenvalue weighted by atomic mass is 14.0. The molecule has 0 spiro atoms. The predicted molar refractivity (Wildman–Crippen MR) is 52.6 cm³/mol. The van der Waals surface area contributed by atoms with E-state index in [-0.39, 0.29) is 0 Å². The van der Waals surface area contributed by atoms with Crippen LogP contribution in [0.15, 0.2) is 24.8 Å². The van der Waals surface area contributed by atoms with Crippen LogP contribution in [-0.4, -0.2) is 0 Å². The second kappa shape index (κ2) is 7.59. The van der Waals surface area contributed by atoms with Crippen molar-refractivity contribution in [3.8, 4) is 0 Å². The molecule has 0 N–H and O–H groups in total. The lowest BCUT2D eigenvalue weighted by Crippen LogP contribution is -1.86. The summed E-state index contributed by atoms with van der Waals surface area (Å²) in [6.07, 6.45) is 11.6. The minimum absolute atomic E-state index is 0.590. The lowest BCUT2D eigenvalue weighted by molar-refractivity contribution is 0.760.